The second kappa shape index (κ2) is 12.0. The number of fused-ring (bicyclic) bond motifs is 1. The summed E-state index contributed by atoms with van der Waals surface area (Å²) in [5, 5.41) is 18.4. The molecule has 1 fully saturated rings. The van der Waals surface area contributed by atoms with Crippen LogP contribution in [0.3, 0.4) is 0 Å². The molecule has 1 saturated carbocycles. The van der Waals surface area contributed by atoms with Gasteiger partial charge >= 0.3 is 12.6 Å². The van der Waals surface area contributed by atoms with Gasteiger partial charge in [-0.15, -0.1) is 0 Å². The SMILES string of the molecule is CN(c1nc2c(OC(F)F)cc(C(=O)O)cc2n1C)C1CCC(c2cccc(OCc3ccc(C#N)cc3F)n2)CC1. The van der Waals surface area contributed by atoms with Crippen LogP contribution in [-0.2, 0) is 13.7 Å². The summed E-state index contributed by atoms with van der Waals surface area (Å²) in [6.07, 6.45) is 3.30. The van der Waals surface area contributed by atoms with Gasteiger partial charge in [0.1, 0.15) is 17.9 Å². The number of imidazole rings is 1. The Kier molecular flexibility index (Phi) is 8.20. The van der Waals surface area contributed by atoms with Gasteiger partial charge in [-0.3, -0.25) is 0 Å². The molecular formula is C30H28F3N5O4. The number of ether oxygens (including phenoxy) is 2. The molecule has 4 aromatic rings. The summed E-state index contributed by atoms with van der Waals surface area (Å²) in [4.78, 5) is 22.8. The van der Waals surface area contributed by atoms with Crippen molar-refractivity contribution in [2.24, 2.45) is 7.05 Å². The third-order valence-corrected chi connectivity index (χ3v) is 7.67. The maximum absolute atomic E-state index is 14.2. The Morgan fingerprint density at radius 2 is 1.93 bits per heavy atom. The number of carbonyl (C=O) groups is 1. The molecule has 0 bridgehead atoms. The lowest BCUT2D eigenvalue weighted by atomic mass is 9.83. The van der Waals surface area contributed by atoms with Crippen LogP contribution in [0.4, 0.5) is 19.1 Å². The molecule has 1 aliphatic rings. The van der Waals surface area contributed by atoms with Gasteiger partial charge in [-0.05, 0) is 56.0 Å². The fraction of sp³-hybridized carbons (Fsp3) is 0.333. The lowest BCUT2D eigenvalue weighted by Gasteiger charge is -2.35. The van der Waals surface area contributed by atoms with E-state index in [4.69, 9.17) is 10.00 Å². The highest BCUT2D eigenvalue weighted by molar-refractivity contribution is 5.96. The van der Waals surface area contributed by atoms with E-state index in [1.54, 1.807) is 17.7 Å². The summed E-state index contributed by atoms with van der Waals surface area (Å²) >= 11 is 0. The van der Waals surface area contributed by atoms with Crippen LogP contribution in [-0.4, -0.2) is 45.3 Å². The number of alkyl halides is 2. The second-order valence-corrected chi connectivity index (χ2v) is 10.2. The lowest BCUT2D eigenvalue weighted by molar-refractivity contribution is -0.0489. The summed E-state index contributed by atoms with van der Waals surface area (Å²) in [5.41, 5.74) is 1.83. The van der Waals surface area contributed by atoms with Crippen molar-refractivity contribution >= 4 is 23.0 Å². The van der Waals surface area contributed by atoms with E-state index in [2.05, 4.69) is 14.7 Å². The van der Waals surface area contributed by atoms with Crippen molar-refractivity contribution in [3.05, 3.63) is 76.7 Å². The van der Waals surface area contributed by atoms with Crippen LogP contribution >= 0.6 is 0 Å². The number of carboxylic acids is 1. The minimum atomic E-state index is -3.12. The number of pyridine rings is 1. The summed E-state index contributed by atoms with van der Waals surface area (Å²) in [6.45, 7) is -3.13. The van der Waals surface area contributed by atoms with E-state index >= 15 is 0 Å². The number of hydrogen-bond donors (Lipinski definition) is 1. The van der Waals surface area contributed by atoms with Gasteiger partial charge in [-0.2, -0.15) is 14.0 Å². The van der Waals surface area contributed by atoms with Crippen LogP contribution in [0.5, 0.6) is 11.6 Å². The smallest absolute Gasteiger partial charge is 0.387 e. The Morgan fingerprint density at radius 1 is 1.17 bits per heavy atom. The number of carboxylic acid groups (broad SMARTS) is 1. The van der Waals surface area contributed by atoms with Crippen molar-refractivity contribution in [1.29, 1.82) is 5.26 Å². The van der Waals surface area contributed by atoms with E-state index < -0.39 is 18.4 Å². The van der Waals surface area contributed by atoms with E-state index in [0.717, 1.165) is 37.4 Å². The molecule has 2 heterocycles. The fourth-order valence-corrected chi connectivity index (χ4v) is 5.42. The second-order valence-electron chi connectivity index (χ2n) is 10.2. The highest BCUT2D eigenvalue weighted by Gasteiger charge is 2.29. The van der Waals surface area contributed by atoms with Crippen molar-refractivity contribution < 1.29 is 32.5 Å². The molecule has 0 spiro atoms. The molecular weight excluding hydrogens is 551 g/mol. The molecule has 1 aliphatic carbocycles. The highest BCUT2D eigenvalue weighted by Crippen LogP contribution is 2.37. The number of anilines is 1. The fourth-order valence-electron chi connectivity index (χ4n) is 5.42. The van der Waals surface area contributed by atoms with Crippen molar-refractivity contribution in [3.8, 4) is 17.7 Å². The van der Waals surface area contributed by atoms with Crippen LogP contribution < -0.4 is 14.4 Å². The summed E-state index contributed by atoms with van der Waals surface area (Å²) in [6, 6.07) is 14.2. The summed E-state index contributed by atoms with van der Waals surface area (Å²) < 4.78 is 52.4. The number of benzene rings is 2. The number of aromatic nitrogens is 3. The predicted molar refractivity (Wildman–Crippen MR) is 147 cm³/mol. The molecule has 5 rings (SSSR count). The van der Waals surface area contributed by atoms with E-state index in [0.29, 0.717) is 22.9 Å². The van der Waals surface area contributed by atoms with Gasteiger partial charge in [0.05, 0.1) is 22.7 Å². The van der Waals surface area contributed by atoms with E-state index in [1.165, 1.54) is 24.3 Å². The number of hydrogen-bond acceptors (Lipinski definition) is 7. The third kappa shape index (κ3) is 5.95. The van der Waals surface area contributed by atoms with Crippen LogP contribution in [0.1, 0.15) is 58.8 Å². The number of aromatic carboxylic acids is 1. The maximum Gasteiger partial charge on any atom is 0.387 e. The first-order valence-electron chi connectivity index (χ1n) is 13.3. The highest BCUT2D eigenvalue weighted by atomic mass is 19.3. The van der Waals surface area contributed by atoms with E-state index in [9.17, 15) is 23.1 Å². The first kappa shape index (κ1) is 28.7. The average Bonchev–Trinajstić information content (AvgIpc) is 3.32. The van der Waals surface area contributed by atoms with Crippen LogP contribution in [0.25, 0.3) is 11.0 Å². The monoisotopic (exact) mass is 579 g/mol. The van der Waals surface area contributed by atoms with Gasteiger partial charge in [0.15, 0.2) is 5.75 Å². The Morgan fingerprint density at radius 3 is 2.60 bits per heavy atom. The van der Waals surface area contributed by atoms with Crippen molar-refractivity contribution in [2.45, 2.75) is 50.9 Å². The van der Waals surface area contributed by atoms with Gasteiger partial charge in [-0.1, -0.05) is 12.1 Å². The first-order valence-corrected chi connectivity index (χ1v) is 13.3. The third-order valence-electron chi connectivity index (χ3n) is 7.67. The Hall–Kier alpha value is -4.79. The number of halogens is 3. The number of rotatable bonds is 9. The summed E-state index contributed by atoms with van der Waals surface area (Å²) in [5.74, 6) is -0.955. The molecule has 218 valence electrons. The Labute approximate surface area is 239 Å². The van der Waals surface area contributed by atoms with Gasteiger partial charge in [0.25, 0.3) is 0 Å². The minimum Gasteiger partial charge on any atom is -0.478 e. The molecule has 0 radical (unpaired) electrons. The van der Waals surface area contributed by atoms with Crippen molar-refractivity contribution in [3.63, 3.8) is 0 Å². The summed E-state index contributed by atoms with van der Waals surface area (Å²) in [7, 11) is 3.59. The van der Waals surface area contributed by atoms with Crippen molar-refractivity contribution in [1.82, 2.24) is 14.5 Å². The standard InChI is InChI=1S/C30H28F3N5O4/c1-37(30-36-27-24(38(30)2)13-20(28(39)40)14-25(27)42-29(32)33)21-10-8-18(9-11-21)23-4-3-5-26(35-23)41-16-19-7-6-17(15-34)12-22(19)31/h3-7,12-14,18,21,29H,8-11,16H2,1-2H3,(H,39,40). The minimum absolute atomic E-state index is 0.0123. The van der Waals surface area contributed by atoms with Gasteiger partial charge in [-0.25, -0.2) is 19.2 Å². The number of nitrogens with zero attached hydrogens (tertiary/aromatic N) is 5. The van der Waals surface area contributed by atoms with Gasteiger partial charge in [0.2, 0.25) is 11.8 Å². The molecule has 42 heavy (non-hydrogen) atoms. The Balaban J connectivity index is 1.26. The molecule has 0 amide bonds. The molecule has 12 heteroatoms. The van der Waals surface area contributed by atoms with Crippen LogP contribution in [0.15, 0.2) is 48.5 Å². The maximum atomic E-state index is 14.2. The van der Waals surface area contributed by atoms with Crippen molar-refractivity contribution in [2.75, 3.05) is 11.9 Å². The normalized spacial score (nSPS) is 16.8. The predicted octanol–water partition coefficient (Wildman–Crippen LogP) is 6.02. The molecule has 1 N–H and O–H groups in total. The quantitative estimate of drug-likeness (QED) is 0.256. The van der Waals surface area contributed by atoms with Gasteiger partial charge < -0.3 is 24.0 Å². The molecule has 2 aromatic carbocycles. The zero-order valence-electron chi connectivity index (χ0n) is 22.9. The number of aryl methyl sites for hydroxylation is 1. The zero-order chi connectivity index (χ0) is 30.0. The lowest BCUT2D eigenvalue weighted by Crippen LogP contribution is -2.36. The number of nitriles is 1. The Bertz CT molecular complexity index is 1660. The van der Waals surface area contributed by atoms with Gasteiger partial charge in [0, 0.05) is 43.4 Å². The van der Waals surface area contributed by atoms with Crippen LogP contribution in [0.2, 0.25) is 0 Å². The van der Waals surface area contributed by atoms with E-state index in [-0.39, 0.29) is 41.0 Å². The van der Waals surface area contributed by atoms with Crippen LogP contribution in [0, 0.1) is 17.1 Å². The molecule has 0 unspecified atom stereocenters. The first-order chi connectivity index (χ1) is 20.1. The molecule has 0 saturated heterocycles. The molecule has 0 aliphatic heterocycles. The molecule has 9 nitrogen and oxygen atoms in total. The average molecular weight is 580 g/mol. The molecule has 0 atom stereocenters. The topological polar surface area (TPSA) is 114 Å². The largest absolute Gasteiger partial charge is 0.478 e. The molecule has 2 aromatic heterocycles. The zero-order valence-corrected chi connectivity index (χ0v) is 22.9. The van der Waals surface area contributed by atoms with E-state index in [1.807, 2.05) is 30.1 Å².